The summed E-state index contributed by atoms with van der Waals surface area (Å²) in [7, 11) is 0. The van der Waals surface area contributed by atoms with Crippen molar-refractivity contribution in [3.8, 4) is 0 Å². The Balaban J connectivity index is 0.000000330. The van der Waals surface area contributed by atoms with Gasteiger partial charge in [0.25, 0.3) is 6.47 Å². The largest absolute Gasteiger partial charge is 0.463 e. The fourth-order valence-electron chi connectivity index (χ4n) is 2.81. The van der Waals surface area contributed by atoms with Crippen molar-refractivity contribution in [1.82, 2.24) is 10.6 Å². The number of ether oxygens (including phenoxy) is 2. The molecule has 8 nitrogen and oxygen atoms in total. The van der Waals surface area contributed by atoms with Crippen LogP contribution in [0.25, 0.3) is 0 Å². The molecule has 0 saturated carbocycles. The predicted octanol–water partition coefficient (Wildman–Crippen LogP) is 1.87. The molecule has 1 aliphatic heterocycles. The van der Waals surface area contributed by atoms with E-state index in [1.54, 1.807) is 20.8 Å². The zero-order chi connectivity index (χ0) is 21.0. The van der Waals surface area contributed by atoms with Crippen molar-refractivity contribution in [1.29, 1.82) is 0 Å². The second-order valence-electron chi connectivity index (χ2n) is 7.69. The molecule has 28 heavy (non-hydrogen) atoms. The van der Waals surface area contributed by atoms with Crippen molar-refractivity contribution in [2.75, 3.05) is 13.1 Å². The lowest BCUT2D eigenvalue weighted by Crippen LogP contribution is -2.56. The van der Waals surface area contributed by atoms with Gasteiger partial charge in [0.2, 0.25) is 5.91 Å². The summed E-state index contributed by atoms with van der Waals surface area (Å²) >= 11 is 0. The Hall–Kier alpha value is -2.61. The lowest BCUT2D eigenvalue weighted by molar-refractivity contribution is -0.129. The van der Waals surface area contributed by atoms with Crippen molar-refractivity contribution in [2.24, 2.45) is 5.73 Å². The Kier molecular flexibility index (Phi) is 9.44. The Morgan fingerprint density at radius 3 is 2.32 bits per heavy atom. The Bertz CT molecular complexity index is 622. The van der Waals surface area contributed by atoms with Gasteiger partial charge in [-0.2, -0.15) is 0 Å². The van der Waals surface area contributed by atoms with Crippen LogP contribution in [0.5, 0.6) is 0 Å². The summed E-state index contributed by atoms with van der Waals surface area (Å²) in [5.41, 5.74) is 5.15. The number of alkyl carbamates (subject to hydrolysis) is 1. The van der Waals surface area contributed by atoms with Crippen LogP contribution < -0.4 is 16.4 Å². The molecule has 0 atom stereocenters. The average molecular weight is 393 g/mol. The molecule has 156 valence electrons. The quantitative estimate of drug-likeness (QED) is 0.635. The molecular formula is C20H31N3O5. The average Bonchev–Trinajstić information content (AvgIpc) is 2.59. The van der Waals surface area contributed by atoms with E-state index in [1.165, 1.54) is 0 Å². The molecule has 0 aromatic heterocycles. The Morgan fingerprint density at radius 1 is 1.21 bits per heavy atom. The lowest BCUT2D eigenvalue weighted by atomic mass is 9.85. The minimum Gasteiger partial charge on any atom is -0.463 e. The molecule has 1 saturated heterocycles. The highest BCUT2D eigenvalue weighted by molar-refractivity contribution is 5.77. The van der Waals surface area contributed by atoms with E-state index in [2.05, 4.69) is 15.4 Å². The molecule has 0 aliphatic carbocycles. The SMILES string of the molecule is CC(C)(C)OC(=O)NC1(CC(N)=O)CCNCC1.O=COCc1ccccc1. The molecule has 1 fully saturated rings. The van der Waals surface area contributed by atoms with Gasteiger partial charge in [-0.25, -0.2) is 4.79 Å². The number of carbonyl (C=O) groups is 3. The summed E-state index contributed by atoms with van der Waals surface area (Å²) in [4.78, 5) is 32.7. The molecule has 0 radical (unpaired) electrons. The molecule has 1 aliphatic rings. The summed E-state index contributed by atoms with van der Waals surface area (Å²) in [6, 6.07) is 9.55. The number of nitrogens with one attached hydrogen (secondary N) is 2. The van der Waals surface area contributed by atoms with Gasteiger partial charge >= 0.3 is 6.09 Å². The normalized spacial score (nSPS) is 15.4. The number of hydrogen-bond donors (Lipinski definition) is 3. The minimum absolute atomic E-state index is 0.147. The minimum atomic E-state index is -0.570. The van der Waals surface area contributed by atoms with E-state index in [9.17, 15) is 14.4 Å². The first kappa shape index (κ1) is 23.4. The number of nitrogens with two attached hydrogens (primary N) is 1. The number of benzene rings is 1. The van der Waals surface area contributed by atoms with Crippen LogP contribution in [0.4, 0.5) is 4.79 Å². The zero-order valence-corrected chi connectivity index (χ0v) is 16.8. The van der Waals surface area contributed by atoms with Crippen LogP contribution in [-0.4, -0.2) is 42.7 Å². The summed E-state index contributed by atoms with van der Waals surface area (Å²) < 4.78 is 9.76. The van der Waals surface area contributed by atoms with E-state index >= 15 is 0 Å². The maximum atomic E-state index is 11.8. The topological polar surface area (TPSA) is 120 Å². The zero-order valence-electron chi connectivity index (χ0n) is 16.8. The third-order valence-electron chi connectivity index (χ3n) is 4.00. The molecule has 1 aromatic carbocycles. The first-order chi connectivity index (χ1) is 13.2. The highest BCUT2D eigenvalue weighted by Crippen LogP contribution is 2.23. The van der Waals surface area contributed by atoms with Gasteiger partial charge in [0.05, 0.1) is 5.54 Å². The molecule has 1 aromatic rings. The second kappa shape index (κ2) is 11.3. The fourth-order valence-corrected chi connectivity index (χ4v) is 2.81. The number of amides is 2. The van der Waals surface area contributed by atoms with Gasteiger partial charge in [-0.15, -0.1) is 0 Å². The second-order valence-corrected chi connectivity index (χ2v) is 7.69. The van der Waals surface area contributed by atoms with E-state index in [0.29, 0.717) is 25.9 Å². The van der Waals surface area contributed by atoms with Crippen LogP contribution in [0.3, 0.4) is 0 Å². The molecule has 4 N–H and O–H groups in total. The monoisotopic (exact) mass is 393 g/mol. The van der Waals surface area contributed by atoms with Crippen molar-refractivity contribution in [3.63, 3.8) is 0 Å². The molecule has 0 spiro atoms. The molecular weight excluding hydrogens is 362 g/mol. The third-order valence-corrected chi connectivity index (χ3v) is 4.00. The van der Waals surface area contributed by atoms with E-state index in [1.807, 2.05) is 30.3 Å². The smallest absolute Gasteiger partial charge is 0.408 e. The number of hydrogen-bond acceptors (Lipinski definition) is 6. The van der Waals surface area contributed by atoms with Gasteiger partial charge in [0.1, 0.15) is 12.2 Å². The van der Waals surface area contributed by atoms with Gasteiger partial charge in [0.15, 0.2) is 0 Å². The van der Waals surface area contributed by atoms with Crippen molar-refractivity contribution < 1.29 is 23.9 Å². The van der Waals surface area contributed by atoms with E-state index in [0.717, 1.165) is 18.7 Å². The van der Waals surface area contributed by atoms with E-state index < -0.39 is 23.1 Å². The molecule has 2 amide bonds. The fraction of sp³-hybridized carbons (Fsp3) is 0.550. The summed E-state index contributed by atoms with van der Waals surface area (Å²) in [6.07, 6.45) is 1.00. The number of primary amides is 1. The molecule has 0 unspecified atom stereocenters. The first-order valence-electron chi connectivity index (χ1n) is 9.25. The van der Waals surface area contributed by atoms with Crippen LogP contribution >= 0.6 is 0 Å². The lowest BCUT2D eigenvalue weighted by Gasteiger charge is -2.38. The standard InChI is InChI=1S/C12H23N3O3.C8H8O2/c1-11(2,3)18-10(17)15-12(8-9(13)16)4-6-14-7-5-12;9-7-10-6-8-4-2-1-3-5-8/h14H,4-8H2,1-3H3,(H2,13,16)(H,15,17);1-5,7H,6H2. The summed E-state index contributed by atoms with van der Waals surface area (Å²) in [6.45, 7) is 7.73. The van der Waals surface area contributed by atoms with Crippen LogP contribution in [0.1, 0.15) is 45.6 Å². The van der Waals surface area contributed by atoms with E-state index in [4.69, 9.17) is 10.5 Å². The van der Waals surface area contributed by atoms with Crippen LogP contribution in [0, 0.1) is 0 Å². The van der Waals surface area contributed by atoms with E-state index in [-0.39, 0.29) is 6.42 Å². The highest BCUT2D eigenvalue weighted by Gasteiger charge is 2.36. The maximum Gasteiger partial charge on any atom is 0.408 e. The summed E-state index contributed by atoms with van der Waals surface area (Å²) in [5, 5.41) is 6.01. The van der Waals surface area contributed by atoms with Gasteiger partial charge in [-0.05, 0) is 52.3 Å². The summed E-state index contributed by atoms with van der Waals surface area (Å²) in [5.74, 6) is -0.409. The number of piperidine rings is 1. The Morgan fingerprint density at radius 2 is 1.82 bits per heavy atom. The van der Waals surface area contributed by atoms with Gasteiger partial charge in [-0.3, -0.25) is 9.59 Å². The van der Waals surface area contributed by atoms with Gasteiger partial charge < -0.3 is 25.8 Å². The predicted molar refractivity (Wildman–Crippen MR) is 105 cm³/mol. The number of rotatable bonds is 6. The highest BCUT2D eigenvalue weighted by atomic mass is 16.6. The van der Waals surface area contributed by atoms with Crippen LogP contribution in [-0.2, 0) is 25.7 Å². The molecule has 1 heterocycles. The van der Waals surface area contributed by atoms with Crippen LogP contribution in [0.2, 0.25) is 0 Å². The van der Waals surface area contributed by atoms with Crippen molar-refractivity contribution in [3.05, 3.63) is 35.9 Å². The van der Waals surface area contributed by atoms with Crippen molar-refractivity contribution >= 4 is 18.5 Å². The maximum absolute atomic E-state index is 11.8. The Labute approximate surface area is 166 Å². The first-order valence-corrected chi connectivity index (χ1v) is 9.25. The van der Waals surface area contributed by atoms with Gasteiger partial charge in [-0.1, -0.05) is 30.3 Å². The third kappa shape index (κ3) is 9.91. The van der Waals surface area contributed by atoms with Crippen LogP contribution in [0.15, 0.2) is 30.3 Å². The molecule has 0 bridgehead atoms. The molecule has 8 heteroatoms. The van der Waals surface area contributed by atoms with Gasteiger partial charge in [0, 0.05) is 6.42 Å². The number of carbonyl (C=O) groups excluding carboxylic acids is 3. The molecule has 2 rings (SSSR count). The van der Waals surface area contributed by atoms with Crippen molar-refractivity contribution in [2.45, 2.75) is 57.8 Å².